The van der Waals surface area contributed by atoms with E-state index in [0.29, 0.717) is 0 Å². The topological polar surface area (TPSA) is 572 Å². The van der Waals surface area contributed by atoms with Crippen molar-refractivity contribution in [3.8, 4) is 57.1 Å². The largest absolute Gasteiger partial charge is 0.394 e. The van der Waals surface area contributed by atoms with Crippen LogP contribution in [0.3, 0.4) is 0 Å². The maximum atomic E-state index is 16.4. The van der Waals surface area contributed by atoms with E-state index in [1.165, 1.54) is 58.2 Å². The van der Waals surface area contributed by atoms with E-state index in [1.807, 2.05) is 13.8 Å². The number of aromatic hydroxyl groups is 3. The number of fused-ring (bicyclic) bond motifs is 15. The molecule has 0 aliphatic carbocycles. The van der Waals surface area contributed by atoms with Crippen molar-refractivity contribution in [2.45, 2.75) is 194 Å². The predicted molar refractivity (Wildman–Crippen MR) is 401 cm³/mol. The van der Waals surface area contributed by atoms with Gasteiger partial charge in [-0.2, -0.15) is 0 Å². The molecule has 40 heteroatoms. The Kier molecular flexibility index (Phi) is 28.0. The van der Waals surface area contributed by atoms with E-state index in [4.69, 9.17) is 72.6 Å². The summed E-state index contributed by atoms with van der Waals surface area (Å²) in [6.45, 7) is 6.79. The molecule has 0 saturated carbocycles. The quantitative estimate of drug-likeness (QED) is 0.0499. The number of likely N-dealkylation sites (N-methyl/N-ethyl adjacent to an activating group) is 2. The van der Waals surface area contributed by atoms with Crippen LogP contribution < -0.4 is 62.9 Å². The number of carbonyl (C=O) groups is 8. The SMILES string of the molecule is CNC[C@H]1O[C@@H](O[C@H]2[C@H](O)[C@@H](O)C(Oc3c4cc5cc3Oc3ccc(cc3Cl)[C@@H](OC3C[C@](C)(N)[C@@H](O)[C@H](C)O3)[C@@H]3NC(=O)[C@H](NC(=O)[C@@H]5NC(=O)[C@H](CC(N)=O)NC(=O)[C@H](NC(=O)[C@@H](CC(C)C)N(C)C)[C@H](O)c5ccc(c(Cl)c5)O4)c4ccc(O)c(c4)-c4c(cc(O)c(C)c4O)[C@H]([C](=O)[Rb])NC3=O)O[C@@H]2CO)[C@H](O)[C@@H](O)[C@H]1O. The second-order valence-electron chi connectivity index (χ2n) is 30.2. The standard InChI is InChI=1S/C75H91Cl2N10O27.Rb/c1-27(2)15-40(87(7)8)68(102)85-54-57(94)31-10-13-43(36(76)17-31)108-45-19-33-20-46(64(45)113-74-62(99)60(97)65(48(26-89)111-74)114-73-61(98)59(96)58(95)47(110-73)24-80-6)109-44-14-11-32(18-37(44)77)63(112-50-23-75(5,79)66(100)29(4)107-50)55-72(106)82-39(25-88)34-21-42(91)28(3)56(93)51(34)35-16-30(9-12-41(35)90)52(69(103)86-55)84-70(104)53(33)83-67(101)38(22-49(78)92)81-71(54)105;/h9-14,16-21,27,29,38-40,47-48,50,52-55,57-63,65-66,73-74,80,89-91,93-100H,15,22-24,26,79H2,1-8H3,(H2,78,92)(H,81,105)(H,82,106)(H,83,101)(H,84,104)(H,85,102)(H,86,103);/t29-,38-,39-,40+,47+,48+,50?,52+,53+,54+,55-,57+,58-,59-,60+,61+,62+,63+,65+,66-,73-,74?,75-;/m0./s1. The predicted octanol–water partition coefficient (Wildman–Crippen LogP) is -1.58. The summed E-state index contributed by atoms with van der Waals surface area (Å²) in [6, 6.07) is -0.0443. The molecule has 13 rings (SSSR count). The van der Waals surface area contributed by atoms with Crippen LogP contribution in [0.4, 0.5) is 0 Å². The molecular weight excluding hydrogens is 1630 g/mol. The van der Waals surface area contributed by atoms with Crippen LogP contribution in [-0.4, -0.2) is 301 Å². The van der Waals surface area contributed by atoms with Crippen LogP contribution in [0.1, 0.15) is 111 Å². The number of amides is 7. The number of phenolic OH excluding ortho intramolecular Hbond substituents is 3. The number of aliphatic hydroxyl groups is 8. The molecule has 618 valence electrons. The molecule has 11 bridgehead atoms. The number of rotatable bonds is 17. The number of nitrogens with two attached hydrogens (primary N) is 2. The van der Waals surface area contributed by atoms with Gasteiger partial charge < -0.3 is 81.1 Å². The molecule has 115 heavy (non-hydrogen) atoms. The number of hydrogen-bond acceptors (Lipinski definition) is 30. The summed E-state index contributed by atoms with van der Waals surface area (Å²) in [5, 5.41) is 145. The van der Waals surface area contributed by atoms with E-state index < -0.39 is 300 Å². The van der Waals surface area contributed by atoms with Gasteiger partial charge in [0.2, 0.25) is 35.7 Å². The third kappa shape index (κ3) is 19.0. The molecule has 8 aliphatic heterocycles. The summed E-state index contributed by atoms with van der Waals surface area (Å²) in [5.74, 6) is -13.6. The van der Waals surface area contributed by atoms with E-state index in [1.54, 1.807) is 19.0 Å². The number of nitrogens with one attached hydrogen (secondary N) is 7. The van der Waals surface area contributed by atoms with Crippen molar-refractivity contribution < 1.29 is 132 Å². The minimum Gasteiger partial charge on any atom is -0.394 e. The van der Waals surface area contributed by atoms with Gasteiger partial charge in [0, 0.05) is 6.54 Å². The molecule has 2 unspecified atom stereocenters. The van der Waals surface area contributed by atoms with E-state index in [0.717, 1.165) is 42.5 Å². The van der Waals surface area contributed by atoms with Crippen LogP contribution in [-0.2, 0) is 62.0 Å². The molecule has 3 fully saturated rings. The summed E-state index contributed by atoms with van der Waals surface area (Å²) >= 11 is 13.4. The monoisotopic (exact) mass is 1720 g/mol. The van der Waals surface area contributed by atoms with Gasteiger partial charge in [-0.05, 0) is 63.3 Å². The third-order valence-electron chi connectivity index (χ3n) is 20.9. The van der Waals surface area contributed by atoms with Crippen molar-refractivity contribution in [3.63, 3.8) is 0 Å². The molecule has 8 aliphatic rings. The molecule has 5 aromatic carbocycles. The molecule has 8 heterocycles. The average molecular weight is 1720 g/mol. The minimum atomic E-state index is -2.38. The van der Waals surface area contributed by atoms with Crippen LogP contribution in [0.2, 0.25) is 10.0 Å². The Balaban J connectivity index is 1.17. The van der Waals surface area contributed by atoms with Gasteiger partial charge in [-0.25, -0.2) is 0 Å². The zero-order valence-corrected chi connectivity index (χ0v) is 70.0. The van der Waals surface area contributed by atoms with Gasteiger partial charge in [-0.3, -0.25) is 24.1 Å². The fourth-order valence-corrected chi connectivity index (χ4v) is 16.2. The number of halogens is 2. The van der Waals surface area contributed by atoms with Crippen molar-refractivity contribution in [2.75, 3.05) is 34.3 Å². The first-order chi connectivity index (χ1) is 54.2. The number of carbonyl (C=O) groups excluding carboxylic acids is 8. The van der Waals surface area contributed by atoms with Crippen LogP contribution in [0, 0.1) is 12.8 Å². The van der Waals surface area contributed by atoms with Crippen molar-refractivity contribution >= 4 is 119 Å². The maximum Gasteiger partial charge on any atom is 0.133 e. The molecule has 0 radical (unpaired) electrons. The second kappa shape index (κ2) is 36.4. The first kappa shape index (κ1) is 88.4. The Labute approximate surface area is 706 Å². The van der Waals surface area contributed by atoms with Gasteiger partial charge in [0.1, 0.15) is 72.8 Å². The number of phenols is 3. The van der Waals surface area contributed by atoms with Crippen LogP contribution >= 0.6 is 23.2 Å². The fourth-order valence-electron chi connectivity index (χ4n) is 14.6. The number of primary amides is 1. The fraction of sp³-hybridized carbons (Fsp3) is 0.493. The zero-order chi connectivity index (χ0) is 84.0. The Morgan fingerprint density at radius 1 is 0.696 bits per heavy atom. The van der Waals surface area contributed by atoms with E-state index in [-0.39, 0.29) is 75.0 Å². The van der Waals surface area contributed by atoms with Crippen molar-refractivity contribution in [1.82, 2.24) is 42.1 Å². The van der Waals surface area contributed by atoms with Gasteiger partial charge in [-0.1, -0.05) is 31.5 Å². The molecule has 0 spiro atoms. The van der Waals surface area contributed by atoms with Crippen molar-refractivity contribution in [3.05, 3.63) is 116 Å². The Morgan fingerprint density at radius 3 is 1.90 bits per heavy atom. The summed E-state index contributed by atoms with van der Waals surface area (Å²) in [5.41, 5.74) is 8.79. The number of hydrogen-bond donors (Lipinski definition) is 20. The normalized spacial score (nSPS) is 31.4. The molecule has 22 N–H and O–H groups in total. The van der Waals surface area contributed by atoms with Crippen molar-refractivity contribution in [2.24, 2.45) is 17.4 Å². The van der Waals surface area contributed by atoms with Gasteiger partial charge in [0.05, 0.1) is 24.1 Å². The molecule has 0 aromatic heterocycles. The zero-order valence-electron chi connectivity index (χ0n) is 63.6. The van der Waals surface area contributed by atoms with Crippen molar-refractivity contribution in [1.29, 1.82) is 0 Å². The first-order valence-corrected chi connectivity index (χ1v) is 40.0. The number of aliphatic hydroxyl groups excluding tert-OH is 8. The minimum absolute atomic E-state index is 0.0942. The molecule has 7 amide bonds. The van der Waals surface area contributed by atoms with Crippen LogP contribution in [0.15, 0.2) is 72.8 Å². The van der Waals surface area contributed by atoms with E-state index in [2.05, 4.69) is 37.2 Å². The smallest absolute Gasteiger partial charge is 0.133 e. The molecule has 23 atom stereocenters. The third-order valence-corrected chi connectivity index (χ3v) is 22.9. The summed E-state index contributed by atoms with van der Waals surface area (Å²) < 4.78 is 50.2. The summed E-state index contributed by atoms with van der Waals surface area (Å²) in [4.78, 5) is 123. The van der Waals surface area contributed by atoms with Gasteiger partial charge in [0.15, 0.2) is 12.0 Å². The molecular formula is C75H91Cl2N10O27Rb. The average Bonchev–Trinajstić information content (AvgIpc) is 0.728. The Hall–Kier alpha value is -7.39. The maximum absolute atomic E-state index is 16.4. The Bertz CT molecular complexity index is 4550. The summed E-state index contributed by atoms with van der Waals surface area (Å²) in [7, 11) is 4.70. The summed E-state index contributed by atoms with van der Waals surface area (Å²) in [6.07, 6.45) is -28.0. The van der Waals surface area contributed by atoms with Gasteiger partial charge in [0.25, 0.3) is 0 Å². The second-order valence-corrected chi connectivity index (χ2v) is 33.5. The van der Waals surface area contributed by atoms with Gasteiger partial charge in [-0.15, -0.1) is 0 Å². The molecule has 3 saturated heterocycles. The van der Waals surface area contributed by atoms with E-state index in [9.17, 15) is 70.6 Å². The number of benzene rings is 5. The molecule has 37 nitrogen and oxygen atoms in total. The number of nitrogens with zero attached hydrogens (tertiary/aromatic N) is 1. The Morgan fingerprint density at radius 2 is 1.30 bits per heavy atom. The van der Waals surface area contributed by atoms with Crippen LogP contribution in [0.5, 0.6) is 46.0 Å². The molecule has 5 aromatic rings. The van der Waals surface area contributed by atoms with Gasteiger partial charge >= 0.3 is 361 Å². The van der Waals surface area contributed by atoms with Crippen LogP contribution in [0.25, 0.3) is 11.1 Å². The first-order valence-electron chi connectivity index (χ1n) is 36.7. The van der Waals surface area contributed by atoms with E-state index >= 15 is 24.0 Å². The number of ether oxygens (including phenoxy) is 8.